The van der Waals surface area contributed by atoms with Crippen LogP contribution in [0.25, 0.3) is 0 Å². The van der Waals surface area contributed by atoms with Gasteiger partial charge in [-0.05, 0) is 37.8 Å². The monoisotopic (exact) mass is 355 g/mol. The molecule has 23 heavy (non-hydrogen) atoms. The van der Waals surface area contributed by atoms with Crippen molar-refractivity contribution in [3.8, 4) is 0 Å². The first kappa shape index (κ1) is 17.1. The fourth-order valence-corrected chi connectivity index (χ4v) is 4.43. The molecular formula is C16H25N3O2S2. The Balaban J connectivity index is 1.88. The molecule has 7 heteroatoms. The third-order valence-electron chi connectivity index (χ3n) is 4.86. The summed E-state index contributed by atoms with van der Waals surface area (Å²) in [7, 11) is -0.324. The first-order valence-electron chi connectivity index (χ1n) is 8.28. The van der Waals surface area contributed by atoms with Gasteiger partial charge in [0.1, 0.15) is 4.64 Å². The van der Waals surface area contributed by atoms with Crippen LogP contribution in [0.4, 0.5) is 0 Å². The maximum absolute atomic E-state index is 12.3. The van der Waals surface area contributed by atoms with Crippen molar-refractivity contribution in [3.05, 3.63) is 23.0 Å². The molecule has 0 aromatic carbocycles. The van der Waals surface area contributed by atoms with Crippen molar-refractivity contribution in [1.29, 1.82) is 0 Å². The molecule has 0 saturated heterocycles. The lowest BCUT2D eigenvalue weighted by molar-refractivity contribution is 0.141. The standard InChI is InChI=1S/C16H25N3O2S2/c1-17(2)23(20,21)15-9-10-16(22)18(11-15)12-19(14-7-8-14)13-5-3-4-6-13/h9-11,13-14H,3-8,12H2,1-2H3. The summed E-state index contributed by atoms with van der Waals surface area (Å²) in [5.41, 5.74) is 0. The van der Waals surface area contributed by atoms with E-state index in [4.69, 9.17) is 12.2 Å². The number of nitrogens with zero attached hydrogens (tertiary/aromatic N) is 3. The molecule has 1 aromatic heterocycles. The van der Waals surface area contributed by atoms with Gasteiger partial charge in [0, 0.05) is 32.4 Å². The van der Waals surface area contributed by atoms with E-state index in [1.807, 2.05) is 4.57 Å². The van der Waals surface area contributed by atoms with E-state index in [-0.39, 0.29) is 0 Å². The lowest BCUT2D eigenvalue weighted by Crippen LogP contribution is -2.37. The number of aromatic nitrogens is 1. The third-order valence-corrected chi connectivity index (χ3v) is 7.03. The zero-order valence-electron chi connectivity index (χ0n) is 13.8. The highest BCUT2D eigenvalue weighted by Gasteiger charge is 2.35. The highest BCUT2D eigenvalue weighted by molar-refractivity contribution is 7.89. The van der Waals surface area contributed by atoms with Gasteiger partial charge in [-0.1, -0.05) is 25.1 Å². The van der Waals surface area contributed by atoms with Gasteiger partial charge < -0.3 is 4.57 Å². The summed E-state index contributed by atoms with van der Waals surface area (Å²) >= 11 is 5.43. The quantitative estimate of drug-likeness (QED) is 0.736. The van der Waals surface area contributed by atoms with E-state index < -0.39 is 10.0 Å². The molecule has 2 aliphatic rings. The van der Waals surface area contributed by atoms with Gasteiger partial charge in [0.15, 0.2) is 0 Å². The highest BCUT2D eigenvalue weighted by Crippen LogP contribution is 2.34. The summed E-state index contributed by atoms with van der Waals surface area (Å²) in [6.45, 7) is 0.699. The van der Waals surface area contributed by atoms with Crippen LogP contribution >= 0.6 is 12.2 Å². The summed E-state index contributed by atoms with van der Waals surface area (Å²) < 4.78 is 28.5. The molecule has 1 aromatic rings. The fraction of sp³-hybridized carbons (Fsp3) is 0.688. The first-order valence-corrected chi connectivity index (χ1v) is 10.1. The Hall–Kier alpha value is -0.760. The molecule has 2 saturated carbocycles. The van der Waals surface area contributed by atoms with Crippen LogP contribution in [0.1, 0.15) is 38.5 Å². The number of sulfonamides is 1. The molecular weight excluding hydrogens is 330 g/mol. The summed E-state index contributed by atoms with van der Waals surface area (Å²) in [6.07, 6.45) is 9.29. The summed E-state index contributed by atoms with van der Waals surface area (Å²) in [5.74, 6) is 0. The molecule has 0 unspecified atom stereocenters. The Kier molecular flexibility index (Phi) is 4.92. The van der Waals surface area contributed by atoms with Crippen LogP contribution in [0, 0.1) is 4.64 Å². The second kappa shape index (κ2) is 6.63. The minimum Gasteiger partial charge on any atom is -0.324 e. The number of hydrogen-bond donors (Lipinski definition) is 0. The van der Waals surface area contributed by atoms with E-state index >= 15 is 0 Å². The second-order valence-electron chi connectivity index (χ2n) is 6.79. The largest absolute Gasteiger partial charge is 0.324 e. The third kappa shape index (κ3) is 3.68. The highest BCUT2D eigenvalue weighted by atomic mass is 32.2. The van der Waals surface area contributed by atoms with Crippen LogP contribution in [0.3, 0.4) is 0 Å². The van der Waals surface area contributed by atoms with Crippen molar-refractivity contribution in [2.45, 2.75) is 62.2 Å². The van der Waals surface area contributed by atoms with Crippen molar-refractivity contribution < 1.29 is 8.42 Å². The number of rotatable bonds is 6. The predicted octanol–water partition coefficient (Wildman–Crippen LogP) is 2.83. The lowest BCUT2D eigenvalue weighted by atomic mass is 10.2. The van der Waals surface area contributed by atoms with Crippen LogP contribution in [0.2, 0.25) is 0 Å². The van der Waals surface area contributed by atoms with E-state index in [2.05, 4.69) is 4.90 Å². The van der Waals surface area contributed by atoms with Crippen LogP contribution in [0.5, 0.6) is 0 Å². The lowest BCUT2D eigenvalue weighted by Gasteiger charge is -2.30. The zero-order valence-corrected chi connectivity index (χ0v) is 15.4. The Bertz CT molecular complexity index is 717. The Morgan fingerprint density at radius 3 is 2.30 bits per heavy atom. The molecule has 0 aliphatic heterocycles. The van der Waals surface area contributed by atoms with Gasteiger partial charge in [0.05, 0.1) is 11.6 Å². The van der Waals surface area contributed by atoms with E-state index in [0.29, 0.717) is 28.3 Å². The van der Waals surface area contributed by atoms with Crippen LogP contribution < -0.4 is 0 Å². The molecule has 0 spiro atoms. The van der Waals surface area contributed by atoms with Crippen LogP contribution in [-0.4, -0.2) is 48.4 Å². The maximum Gasteiger partial charge on any atom is 0.244 e. The molecule has 0 radical (unpaired) electrons. The molecule has 0 atom stereocenters. The minimum atomic E-state index is -3.43. The fourth-order valence-electron chi connectivity index (χ4n) is 3.33. The van der Waals surface area contributed by atoms with Gasteiger partial charge in [0.25, 0.3) is 0 Å². The molecule has 2 fully saturated rings. The molecule has 5 nitrogen and oxygen atoms in total. The molecule has 2 aliphatic carbocycles. The number of hydrogen-bond acceptors (Lipinski definition) is 4. The van der Waals surface area contributed by atoms with Gasteiger partial charge in [-0.2, -0.15) is 0 Å². The van der Waals surface area contributed by atoms with Gasteiger partial charge in [-0.25, -0.2) is 12.7 Å². The zero-order chi connectivity index (χ0) is 16.6. The molecule has 1 heterocycles. The minimum absolute atomic E-state index is 0.304. The van der Waals surface area contributed by atoms with Crippen LogP contribution in [0.15, 0.2) is 23.2 Å². The van der Waals surface area contributed by atoms with E-state index in [1.54, 1.807) is 32.4 Å². The summed E-state index contributed by atoms with van der Waals surface area (Å²) in [5, 5.41) is 0. The molecule has 128 valence electrons. The van der Waals surface area contributed by atoms with E-state index in [9.17, 15) is 8.42 Å². The average molecular weight is 356 g/mol. The van der Waals surface area contributed by atoms with Crippen molar-refractivity contribution in [2.75, 3.05) is 14.1 Å². The first-order chi connectivity index (χ1) is 10.9. The molecule has 3 rings (SSSR count). The molecule has 0 N–H and O–H groups in total. The Morgan fingerprint density at radius 1 is 1.13 bits per heavy atom. The summed E-state index contributed by atoms with van der Waals surface area (Å²) in [4.78, 5) is 2.84. The SMILES string of the molecule is CN(C)S(=O)(=O)c1ccc(=S)n(CN(C2CCCC2)C2CC2)c1. The molecule has 0 amide bonds. The summed E-state index contributed by atoms with van der Waals surface area (Å²) in [6, 6.07) is 4.60. The Labute approximate surface area is 144 Å². The smallest absolute Gasteiger partial charge is 0.244 e. The van der Waals surface area contributed by atoms with Crippen molar-refractivity contribution in [2.24, 2.45) is 0 Å². The van der Waals surface area contributed by atoms with Crippen molar-refractivity contribution in [3.63, 3.8) is 0 Å². The van der Waals surface area contributed by atoms with Gasteiger partial charge in [0.2, 0.25) is 10.0 Å². The van der Waals surface area contributed by atoms with Gasteiger partial charge in [-0.15, -0.1) is 0 Å². The normalized spacial score (nSPS) is 19.8. The van der Waals surface area contributed by atoms with Crippen molar-refractivity contribution >= 4 is 22.2 Å². The average Bonchev–Trinajstić information content (AvgIpc) is 3.20. The molecule has 0 bridgehead atoms. The van der Waals surface area contributed by atoms with E-state index in [0.717, 1.165) is 0 Å². The van der Waals surface area contributed by atoms with Gasteiger partial charge >= 0.3 is 0 Å². The predicted molar refractivity (Wildman–Crippen MR) is 93.3 cm³/mol. The Morgan fingerprint density at radius 2 is 1.74 bits per heavy atom. The second-order valence-corrected chi connectivity index (χ2v) is 9.36. The number of pyridine rings is 1. The maximum atomic E-state index is 12.3. The van der Waals surface area contributed by atoms with E-state index in [1.165, 1.54) is 42.8 Å². The van der Waals surface area contributed by atoms with Gasteiger partial charge in [-0.3, -0.25) is 4.90 Å². The van der Waals surface area contributed by atoms with Crippen molar-refractivity contribution in [1.82, 2.24) is 13.8 Å². The van der Waals surface area contributed by atoms with Crippen LogP contribution in [-0.2, 0) is 16.7 Å². The topological polar surface area (TPSA) is 45.6 Å².